The van der Waals surface area contributed by atoms with Crippen molar-refractivity contribution in [3.05, 3.63) is 109 Å². The zero-order chi connectivity index (χ0) is 25.2. The number of aryl methyl sites for hydroxylation is 1. The normalized spacial score (nSPS) is 14.6. The first-order valence-corrected chi connectivity index (χ1v) is 15.2. The molecule has 7 heteroatoms. The number of rotatable bonds is 3. The van der Waals surface area contributed by atoms with E-state index < -0.39 is 0 Å². The van der Waals surface area contributed by atoms with E-state index in [1.807, 2.05) is 60.7 Å². The smallest absolute Gasteiger partial charge is 1.00 e. The molecule has 1 aromatic heterocycles. The van der Waals surface area contributed by atoms with Gasteiger partial charge in [-0.25, -0.2) is 0 Å². The van der Waals surface area contributed by atoms with Gasteiger partial charge in [0.1, 0.15) is 6.54 Å². The Kier molecular flexibility index (Phi) is 8.27. The maximum absolute atomic E-state index is 5.90. The van der Waals surface area contributed by atoms with E-state index in [2.05, 4.69) is 71.2 Å². The number of aromatic nitrogens is 1. The van der Waals surface area contributed by atoms with E-state index in [1.165, 1.54) is 21.1 Å². The van der Waals surface area contributed by atoms with Gasteiger partial charge in [-0.3, -0.25) is 0 Å². The van der Waals surface area contributed by atoms with Gasteiger partial charge in [0.25, 0.3) is 5.52 Å². The third kappa shape index (κ3) is 5.28. The molecule has 0 spiro atoms. The van der Waals surface area contributed by atoms with Crippen molar-refractivity contribution in [2.24, 2.45) is 0 Å². The monoisotopic (exact) mass is 731 g/mol. The van der Waals surface area contributed by atoms with Gasteiger partial charge in [0.05, 0.1) is 11.8 Å². The van der Waals surface area contributed by atoms with Crippen LogP contribution in [0.1, 0.15) is 12.8 Å². The third-order valence-corrected chi connectivity index (χ3v) is 9.76. The minimum absolute atomic E-state index is 0. The third-order valence-electron chi connectivity index (χ3n) is 6.46. The van der Waals surface area contributed by atoms with Gasteiger partial charge in [-0.2, -0.15) is 4.57 Å². The van der Waals surface area contributed by atoms with Crippen LogP contribution in [0.25, 0.3) is 27.9 Å². The maximum Gasteiger partial charge on any atom is -1.00 e. The molecule has 0 amide bonds. The van der Waals surface area contributed by atoms with Gasteiger partial charge in [0.15, 0.2) is 11.6 Å². The van der Waals surface area contributed by atoms with E-state index >= 15 is 0 Å². The second-order valence-corrected chi connectivity index (χ2v) is 11.7. The number of ether oxygens (including phenoxy) is 1. The minimum Gasteiger partial charge on any atom is -1.00 e. The standard InChI is InChI=1S/C19H16N2O2.C12H11NTe.HI/c1-2-21-15-9-4-6-11-17(15)23-19(21)13-7-12-18-20-14-8-3-5-10-16(14)22-18;1-13-8-14-11-7-6-9-4-2-3-5-10(9)12(11)13;/h3-13H,2H2,1H3;2-7H,8H2,1H3;1H. The molecule has 2 aliphatic rings. The molecule has 192 valence electrons. The van der Waals surface area contributed by atoms with Crippen molar-refractivity contribution in [2.45, 2.75) is 13.5 Å². The summed E-state index contributed by atoms with van der Waals surface area (Å²) in [5.41, 5.74) is 4.47. The summed E-state index contributed by atoms with van der Waals surface area (Å²) < 4.78 is 16.7. The van der Waals surface area contributed by atoms with Crippen molar-refractivity contribution in [3.8, 4) is 5.75 Å². The largest absolute Gasteiger partial charge is 1.00 e. The molecule has 1 N–H and O–H groups in total. The molecular weight excluding hydrogens is 701 g/mol. The fraction of sp³-hybridized carbons (Fsp3) is 0.129. The molecule has 38 heavy (non-hydrogen) atoms. The topological polar surface area (TPSA) is 41.5 Å². The summed E-state index contributed by atoms with van der Waals surface area (Å²) in [6.45, 7) is 2.96. The van der Waals surface area contributed by atoms with Gasteiger partial charge in [0, 0.05) is 6.07 Å². The van der Waals surface area contributed by atoms with Gasteiger partial charge in [-0.05, 0) is 37.3 Å². The van der Waals surface area contributed by atoms with E-state index in [4.69, 9.17) is 9.15 Å². The van der Waals surface area contributed by atoms with E-state index in [0.717, 1.165) is 35.0 Å². The molecule has 0 aliphatic carbocycles. The Balaban J connectivity index is 0.000000168. The number of nitrogens with one attached hydrogen (secondary N) is 1. The van der Waals surface area contributed by atoms with Crippen LogP contribution in [0.4, 0.5) is 11.4 Å². The molecule has 0 radical (unpaired) electrons. The van der Waals surface area contributed by atoms with Crippen LogP contribution in [0.3, 0.4) is 0 Å². The van der Waals surface area contributed by atoms with E-state index in [0.29, 0.717) is 5.88 Å². The second-order valence-electron chi connectivity index (χ2n) is 8.87. The number of benzene rings is 4. The second kappa shape index (κ2) is 11.8. The van der Waals surface area contributed by atoms with E-state index in [1.54, 1.807) is 3.61 Å². The number of hydrogen-bond acceptors (Lipinski definition) is 4. The molecular formula is C31H28IN3O2Te. The van der Waals surface area contributed by atoms with Crippen molar-refractivity contribution in [1.82, 2.24) is 0 Å². The Morgan fingerprint density at radius 3 is 2.63 bits per heavy atom. The van der Waals surface area contributed by atoms with Crippen LogP contribution < -0.4 is 47.1 Å². The molecule has 2 aliphatic heterocycles. The molecule has 0 saturated heterocycles. The molecule has 0 saturated carbocycles. The summed E-state index contributed by atoms with van der Waals surface area (Å²) in [6, 6.07) is 29.2. The minimum atomic E-state index is 0. The molecule has 4 aromatic carbocycles. The SMILES string of the molecule is CC[n+]1c(C=CC=C2Nc3ccccc3O2)oc2ccccc21.CN1C[Te]c2ccc3ccccc3c21.[I-]. The Morgan fingerprint density at radius 1 is 0.974 bits per heavy atom. The number of hydrogen-bond donors (Lipinski definition) is 1. The van der Waals surface area contributed by atoms with Crippen molar-refractivity contribution in [2.75, 3.05) is 21.9 Å². The maximum atomic E-state index is 5.90. The zero-order valence-electron chi connectivity index (χ0n) is 21.2. The van der Waals surface area contributed by atoms with Crippen LogP contribution in [0.15, 0.2) is 107 Å². The van der Waals surface area contributed by atoms with E-state index in [-0.39, 0.29) is 44.9 Å². The summed E-state index contributed by atoms with van der Waals surface area (Å²) in [5, 5.41) is 6.02. The first-order valence-electron chi connectivity index (χ1n) is 12.4. The predicted molar refractivity (Wildman–Crippen MR) is 152 cm³/mol. The summed E-state index contributed by atoms with van der Waals surface area (Å²) in [6.07, 6.45) is 5.77. The summed E-state index contributed by atoms with van der Waals surface area (Å²) >= 11 is 0.0592. The molecule has 0 atom stereocenters. The van der Waals surface area contributed by atoms with Crippen LogP contribution in [0.2, 0.25) is 0 Å². The number of oxazole rings is 1. The van der Waals surface area contributed by atoms with Gasteiger partial charge in [0.2, 0.25) is 5.58 Å². The fourth-order valence-corrected chi connectivity index (χ4v) is 7.64. The van der Waals surface area contributed by atoms with Crippen molar-refractivity contribution in [3.63, 3.8) is 0 Å². The molecule has 3 heterocycles. The van der Waals surface area contributed by atoms with Crippen molar-refractivity contribution in [1.29, 1.82) is 0 Å². The summed E-state index contributed by atoms with van der Waals surface area (Å²) in [7, 11) is 2.21. The van der Waals surface area contributed by atoms with Crippen LogP contribution in [-0.4, -0.2) is 32.6 Å². The predicted octanol–water partition coefficient (Wildman–Crippen LogP) is 2.68. The fourth-order valence-electron chi connectivity index (χ4n) is 4.71. The summed E-state index contributed by atoms with van der Waals surface area (Å²) in [5.74, 6) is 2.38. The molecule has 0 fully saturated rings. The number of halogens is 1. The van der Waals surface area contributed by atoms with Gasteiger partial charge < -0.3 is 38.4 Å². The Bertz CT molecular complexity index is 1630. The average Bonchev–Trinajstić information content (AvgIpc) is 3.63. The number of anilines is 2. The van der Waals surface area contributed by atoms with Gasteiger partial charge in [-0.15, -0.1) is 0 Å². The van der Waals surface area contributed by atoms with Crippen molar-refractivity contribution < 1.29 is 37.7 Å². The molecule has 5 aromatic rings. The first kappa shape index (κ1) is 26.6. The Labute approximate surface area is 249 Å². The number of nitrogens with zero attached hydrogens (tertiary/aromatic N) is 2. The van der Waals surface area contributed by atoms with Crippen LogP contribution in [0, 0.1) is 0 Å². The van der Waals surface area contributed by atoms with Crippen LogP contribution >= 0.6 is 0 Å². The van der Waals surface area contributed by atoms with Crippen LogP contribution in [0.5, 0.6) is 5.75 Å². The summed E-state index contributed by atoms with van der Waals surface area (Å²) in [4.78, 5) is 2.42. The first-order chi connectivity index (χ1) is 18.2. The molecule has 5 nitrogen and oxygen atoms in total. The number of para-hydroxylation sites is 4. The molecule has 7 rings (SSSR count). The molecule has 0 unspecified atom stereocenters. The van der Waals surface area contributed by atoms with Gasteiger partial charge >= 0.3 is 99.8 Å². The number of fused-ring (bicyclic) bond motifs is 5. The average molecular weight is 729 g/mol. The Hall–Kier alpha value is -2.99. The quantitative estimate of drug-likeness (QED) is 0.177. The zero-order valence-corrected chi connectivity index (χ0v) is 25.7. The number of allylic oxidation sites excluding steroid dienone is 2. The van der Waals surface area contributed by atoms with Gasteiger partial charge in [-0.1, -0.05) is 24.3 Å². The van der Waals surface area contributed by atoms with E-state index in [9.17, 15) is 0 Å². The Morgan fingerprint density at radius 2 is 1.76 bits per heavy atom. The molecule has 0 bridgehead atoms. The van der Waals surface area contributed by atoms with Crippen molar-refractivity contribution >= 4 is 63.9 Å². The van der Waals surface area contributed by atoms with Crippen LogP contribution in [-0.2, 0) is 6.54 Å².